The molecule has 17 nitrogen and oxygen atoms in total. The summed E-state index contributed by atoms with van der Waals surface area (Å²) in [4.78, 5) is 72.3. The molecule has 0 aromatic heterocycles. The van der Waals surface area contributed by atoms with Gasteiger partial charge in [0.25, 0.3) is 0 Å². The molecular formula is C65H126O17P2. The Kier molecular flexibility index (Phi) is 53.9. The SMILES string of the molecule is CCC(C)CCCCCCCCCCC(=O)OC[C@H](COP(=O)(O)OC[C@@H](O)COP(=O)(O)OC[C@@H](COC(=O)CCCCCCCCC(C)CC)OC(=O)CCCCCCCCCCCC(C)C)OC(=O)CCCCCCCCCC(C)C. The molecule has 84 heavy (non-hydrogen) atoms. The van der Waals surface area contributed by atoms with Crippen molar-refractivity contribution in [2.75, 3.05) is 39.6 Å². The van der Waals surface area contributed by atoms with E-state index in [1.54, 1.807) is 0 Å². The summed E-state index contributed by atoms with van der Waals surface area (Å²) < 4.78 is 68.0. The van der Waals surface area contributed by atoms with Crippen LogP contribution in [0.3, 0.4) is 0 Å². The van der Waals surface area contributed by atoms with Gasteiger partial charge in [0.15, 0.2) is 12.2 Å². The fourth-order valence-corrected chi connectivity index (χ4v) is 11.1. The predicted molar refractivity (Wildman–Crippen MR) is 335 cm³/mol. The summed E-state index contributed by atoms with van der Waals surface area (Å²) >= 11 is 0. The Balaban J connectivity index is 5.26. The molecule has 0 aromatic carbocycles. The molecule has 0 saturated heterocycles. The number of ether oxygens (including phenoxy) is 4. The van der Waals surface area contributed by atoms with Crippen molar-refractivity contribution >= 4 is 39.5 Å². The Morgan fingerprint density at radius 1 is 0.333 bits per heavy atom. The number of aliphatic hydroxyl groups excluding tert-OH is 1. The number of aliphatic hydroxyl groups is 1. The maximum absolute atomic E-state index is 13.0. The zero-order valence-electron chi connectivity index (χ0n) is 54.5. The Morgan fingerprint density at radius 3 is 0.845 bits per heavy atom. The molecule has 3 N–H and O–H groups in total. The normalized spacial score (nSPS) is 15.1. The maximum atomic E-state index is 13.0. The van der Waals surface area contributed by atoms with E-state index in [4.69, 9.17) is 37.0 Å². The zero-order chi connectivity index (χ0) is 62.5. The molecule has 0 rings (SSSR count). The first-order valence-corrected chi connectivity index (χ1v) is 36.8. The fourth-order valence-electron chi connectivity index (χ4n) is 9.54. The van der Waals surface area contributed by atoms with Crippen molar-refractivity contribution in [1.29, 1.82) is 0 Å². The van der Waals surface area contributed by atoms with Crippen molar-refractivity contribution in [3.05, 3.63) is 0 Å². The van der Waals surface area contributed by atoms with Crippen LogP contribution in [0.4, 0.5) is 0 Å². The van der Waals surface area contributed by atoms with Crippen molar-refractivity contribution in [2.45, 2.75) is 331 Å². The van der Waals surface area contributed by atoms with E-state index >= 15 is 0 Å². The van der Waals surface area contributed by atoms with E-state index in [9.17, 15) is 43.2 Å². The highest BCUT2D eigenvalue weighted by molar-refractivity contribution is 7.47. The van der Waals surface area contributed by atoms with Crippen LogP contribution < -0.4 is 0 Å². The van der Waals surface area contributed by atoms with Gasteiger partial charge in [0.1, 0.15) is 19.3 Å². The summed E-state index contributed by atoms with van der Waals surface area (Å²) in [6.45, 7) is 14.0. The average molecular weight is 1240 g/mol. The van der Waals surface area contributed by atoms with Crippen LogP contribution in [0.2, 0.25) is 0 Å². The summed E-state index contributed by atoms with van der Waals surface area (Å²) in [5.74, 6) is 0.800. The lowest BCUT2D eigenvalue weighted by molar-refractivity contribution is -0.161. The lowest BCUT2D eigenvalue weighted by Crippen LogP contribution is -2.30. The fraction of sp³-hybridized carbons (Fsp3) is 0.938. The summed E-state index contributed by atoms with van der Waals surface area (Å²) in [5, 5.41) is 10.5. The van der Waals surface area contributed by atoms with E-state index in [0.717, 1.165) is 114 Å². The maximum Gasteiger partial charge on any atom is 0.472 e. The minimum absolute atomic E-state index is 0.102. The van der Waals surface area contributed by atoms with E-state index in [1.165, 1.54) is 109 Å². The van der Waals surface area contributed by atoms with Crippen LogP contribution in [0.5, 0.6) is 0 Å². The molecule has 0 heterocycles. The van der Waals surface area contributed by atoms with Gasteiger partial charge in [-0.1, -0.05) is 261 Å². The lowest BCUT2D eigenvalue weighted by atomic mass is 9.99. The summed E-state index contributed by atoms with van der Waals surface area (Å²) in [6, 6.07) is 0. The van der Waals surface area contributed by atoms with Gasteiger partial charge in [-0.3, -0.25) is 37.3 Å². The van der Waals surface area contributed by atoms with Gasteiger partial charge in [-0.15, -0.1) is 0 Å². The van der Waals surface area contributed by atoms with Crippen molar-refractivity contribution < 1.29 is 80.2 Å². The van der Waals surface area contributed by atoms with Crippen LogP contribution >= 0.6 is 15.6 Å². The minimum atomic E-state index is -4.95. The first kappa shape index (κ1) is 82.1. The first-order valence-electron chi connectivity index (χ1n) is 33.8. The van der Waals surface area contributed by atoms with Gasteiger partial charge in [0, 0.05) is 25.7 Å². The van der Waals surface area contributed by atoms with Gasteiger partial charge in [-0.05, 0) is 49.4 Å². The van der Waals surface area contributed by atoms with Crippen LogP contribution in [0.1, 0.15) is 312 Å². The molecule has 0 bridgehead atoms. The number of esters is 4. The Bertz CT molecular complexity index is 1680. The highest BCUT2D eigenvalue weighted by Gasteiger charge is 2.30. The summed E-state index contributed by atoms with van der Waals surface area (Å²) in [7, 11) is -9.89. The second kappa shape index (κ2) is 55.2. The molecule has 7 atom stereocenters. The van der Waals surface area contributed by atoms with Crippen LogP contribution in [0.25, 0.3) is 0 Å². The van der Waals surface area contributed by atoms with Gasteiger partial charge >= 0.3 is 39.5 Å². The molecule has 0 saturated carbocycles. The monoisotopic (exact) mass is 1240 g/mol. The molecule has 0 fully saturated rings. The Hall–Kier alpha value is -1.94. The number of carbonyl (C=O) groups excluding carboxylic acids is 4. The van der Waals surface area contributed by atoms with Crippen LogP contribution in [-0.4, -0.2) is 96.7 Å². The number of hydrogen-bond donors (Lipinski definition) is 3. The molecule has 0 spiro atoms. The van der Waals surface area contributed by atoms with E-state index < -0.39 is 97.5 Å². The van der Waals surface area contributed by atoms with Crippen molar-refractivity contribution in [3.8, 4) is 0 Å². The number of hydrogen-bond acceptors (Lipinski definition) is 15. The third kappa shape index (κ3) is 56.6. The second-order valence-corrected chi connectivity index (χ2v) is 27.8. The topological polar surface area (TPSA) is 237 Å². The molecule has 0 aromatic rings. The van der Waals surface area contributed by atoms with Crippen LogP contribution in [-0.2, 0) is 65.4 Å². The Labute approximate surface area is 511 Å². The number of rotatable bonds is 62. The standard InChI is InChI=1S/C65H126O17P2/c1-9-57(7)43-35-27-19-14-15-20-29-37-45-62(67)75-51-60(82-65(70)48-40-32-22-16-18-26-34-42-56(5)6)53-79-83(71,72)77-49-59(66)50-78-84(73,74)80-54-61(52-76-63(68)46-38-30-24-23-28-36-44-58(8)10-2)81-64(69)47-39-31-21-13-11-12-17-25-33-41-55(3)4/h55-61,66H,9-54H2,1-8H3,(H,71,72)(H,73,74)/t57?,58?,59-,60-,61-/m1/s1. The van der Waals surface area contributed by atoms with Gasteiger partial charge in [-0.2, -0.15) is 0 Å². The number of unbranched alkanes of at least 4 members (excludes halogenated alkanes) is 26. The van der Waals surface area contributed by atoms with Gasteiger partial charge < -0.3 is 33.8 Å². The Morgan fingerprint density at radius 2 is 0.571 bits per heavy atom. The largest absolute Gasteiger partial charge is 0.472 e. The zero-order valence-corrected chi connectivity index (χ0v) is 56.3. The molecule has 19 heteroatoms. The number of carbonyl (C=O) groups is 4. The van der Waals surface area contributed by atoms with E-state index in [1.807, 2.05) is 0 Å². The summed E-state index contributed by atoms with van der Waals surface area (Å²) in [6.07, 6.45) is 34.9. The molecule has 0 radical (unpaired) electrons. The van der Waals surface area contributed by atoms with Crippen LogP contribution in [0, 0.1) is 23.7 Å². The van der Waals surface area contributed by atoms with Crippen molar-refractivity contribution in [2.24, 2.45) is 23.7 Å². The third-order valence-electron chi connectivity index (χ3n) is 15.5. The predicted octanol–water partition coefficient (Wildman–Crippen LogP) is 17.8. The highest BCUT2D eigenvalue weighted by atomic mass is 31.2. The smallest absolute Gasteiger partial charge is 0.462 e. The third-order valence-corrected chi connectivity index (χ3v) is 17.4. The van der Waals surface area contributed by atoms with Gasteiger partial charge in [0.2, 0.25) is 0 Å². The molecule has 0 aliphatic heterocycles. The quantitative estimate of drug-likeness (QED) is 0.0222. The highest BCUT2D eigenvalue weighted by Crippen LogP contribution is 2.45. The summed E-state index contributed by atoms with van der Waals surface area (Å²) in [5.41, 5.74) is 0. The van der Waals surface area contributed by atoms with Crippen LogP contribution in [0.15, 0.2) is 0 Å². The first-order chi connectivity index (χ1) is 40.2. The minimum Gasteiger partial charge on any atom is -0.462 e. The number of phosphoric acid groups is 2. The van der Waals surface area contributed by atoms with Gasteiger partial charge in [0.05, 0.1) is 26.4 Å². The molecular weight excluding hydrogens is 1110 g/mol. The average Bonchev–Trinajstić information content (AvgIpc) is 3.50. The van der Waals surface area contributed by atoms with Crippen molar-refractivity contribution in [3.63, 3.8) is 0 Å². The van der Waals surface area contributed by atoms with Crippen molar-refractivity contribution in [1.82, 2.24) is 0 Å². The second-order valence-electron chi connectivity index (χ2n) is 24.9. The molecule has 0 aliphatic carbocycles. The van der Waals surface area contributed by atoms with Gasteiger partial charge in [-0.25, -0.2) is 9.13 Å². The number of phosphoric ester groups is 2. The van der Waals surface area contributed by atoms with E-state index in [2.05, 4.69) is 55.4 Å². The molecule has 498 valence electrons. The van der Waals surface area contributed by atoms with E-state index in [0.29, 0.717) is 31.6 Å². The molecule has 0 amide bonds. The van der Waals surface area contributed by atoms with E-state index in [-0.39, 0.29) is 25.7 Å². The lowest BCUT2D eigenvalue weighted by Gasteiger charge is -2.21. The molecule has 0 aliphatic rings. The molecule has 4 unspecified atom stereocenters.